The number of allylic oxidation sites excluding steroid dienone is 1. The van der Waals surface area contributed by atoms with Crippen LogP contribution in [0.25, 0.3) is 6.08 Å². The first-order chi connectivity index (χ1) is 10.0. The van der Waals surface area contributed by atoms with Crippen molar-refractivity contribution in [2.75, 3.05) is 7.11 Å². The number of ether oxygens (including phenoxy) is 1. The van der Waals surface area contributed by atoms with Gasteiger partial charge in [-0.05, 0) is 42.5 Å². The van der Waals surface area contributed by atoms with E-state index >= 15 is 0 Å². The van der Waals surface area contributed by atoms with E-state index in [0.717, 1.165) is 12.1 Å². The molecule has 0 saturated carbocycles. The largest absolute Gasteiger partial charge is 0.497 e. The molecule has 0 aliphatic rings. The van der Waals surface area contributed by atoms with Gasteiger partial charge in [0.15, 0.2) is 5.78 Å². The lowest BCUT2D eigenvalue weighted by molar-refractivity contribution is 0.104. The summed E-state index contributed by atoms with van der Waals surface area (Å²) >= 11 is 3.22. The second kappa shape index (κ2) is 6.63. The van der Waals surface area contributed by atoms with Gasteiger partial charge in [0.25, 0.3) is 0 Å². The molecule has 0 aliphatic carbocycles. The number of benzene rings is 2. The molecular formula is C16H11BrF2O2. The number of ketones is 1. The Balaban J connectivity index is 2.25. The number of halogens is 3. The predicted octanol–water partition coefficient (Wildman–Crippen LogP) is 4.63. The van der Waals surface area contributed by atoms with Crippen LogP contribution < -0.4 is 4.74 Å². The molecule has 0 unspecified atom stereocenters. The summed E-state index contributed by atoms with van der Waals surface area (Å²) in [6, 6.07) is 8.31. The minimum atomic E-state index is -0.682. The zero-order valence-corrected chi connectivity index (χ0v) is 12.7. The first-order valence-electron chi connectivity index (χ1n) is 6.02. The van der Waals surface area contributed by atoms with Crippen LogP contribution in [0.3, 0.4) is 0 Å². The molecule has 21 heavy (non-hydrogen) atoms. The Labute approximate surface area is 129 Å². The van der Waals surface area contributed by atoms with Gasteiger partial charge >= 0.3 is 0 Å². The van der Waals surface area contributed by atoms with Crippen LogP contribution >= 0.6 is 15.9 Å². The van der Waals surface area contributed by atoms with E-state index in [1.54, 1.807) is 6.07 Å². The van der Waals surface area contributed by atoms with Gasteiger partial charge in [-0.2, -0.15) is 0 Å². The second-order valence-electron chi connectivity index (χ2n) is 4.21. The molecule has 0 aromatic heterocycles. The molecule has 108 valence electrons. The molecule has 0 heterocycles. The average Bonchev–Trinajstić information content (AvgIpc) is 2.47. The van der Waals surface area contributed by atoms with Gasteiger partial charge in [0, 0.05) is 16.1 Å². The first kappa shape index (κ1) is 15.4. The summed E-state index contributed by atoms with van der Waals surface area (Å²) in [5.74, 6) is -1.36. The first-order valence-corrected chi connectivity index (χ1v) is 6.81. The molecule has 2 aromatic rings. The summed E-state index contributed by atoms with van der Waals surface area (Å²) in [6.07, 6.45) is 2.45. The quantitative estimate of drug-likeness (QED) is 0.592. The minimum absolute atomic E-state index is 0.0949. The van der Waals surface area contributed by atoms with E-state index in [9.17, 15) is 13.6 Å². The molecule has 0 aliphatic heterocycles. The van der Waals surface area contributed by atoms with Crippen LogP contribution in [0.5, 0.6) is 5.75 Å². The number of rotatable bonds is 4. The van der Waals surface area contributed by atoms with Gasteiger partial charge in [-0.15, -0.1) is 0 Å². The highest BCUT2D eigenvalue weighted by molar-refractivity contribution is 9.10. The minimum Gasteiger partial charge on any atom is -0.497 e. The van der Waals surface area contributed by atoms with E-state index in [-0.39, 0.29) is 11.1 Å². The normalized spacial score (nSPS) is 10.9. The van der Waals surface area contributed by atoms with Crippen molar-refractivity contribution in [3.05, 3.63) is 69.7 Å². The van der Waals surface area contributed by atoms with Crippen LogP contribution in [0.2, 0.25) is 0 Å². The monoisotopic (exact) mass is 352 g/mol. The molecule has 2 nitrogen and oxygen atoms in total. The topological polar surface area (TPSA) is 26.3 Å². The van der Waals surface area contributed by atoms with Crippen molar-refractivity contribution < 1.29 is 18.3 Å². The summed E-state index contributed by atoms with van der Waals surface area (Å²) in [6.45, 7) is 0. The molecule has 0 bridgehead atoms. The van der Waals surface area contributed by atoms with Gasteiger partial charge in [0.05, 0.1) is 12.7 Å². The molecule has 0 N–H and O–H groups in total. The van der Waals surface area contributed by atoms with Gasteiger partial charge in [0.2, 0.25) is 0 Å². The Kier molecular flexibility index (Phi) is 4.85. The van der Waals surface area contributed by atoms with Crippen molar-refractivity contribution in [3.63, 3.8) is 0 Å². The third kappa shape index (κ3) is 3.76. The fourth-order valence-electron chi connectivity index (χ4n) is 1.72. The number of carbonyl (C=O) groups excluding carboxylic acids is 1. The lowest BCUT2D eigenvalue weighted by atomic mass is 10.1. The highest BCUT2D eigenvalue weighted by Gasteiger charge is 2.10. The number of methoxy groups -OCH3 is 1. The molecule has 2 aromatic carbocycles. The third-order valence-electron chi connectivity index (χ3n) is 2.81. The van der Waals surface area contributed by atoms with Crippen LogP contribution in [-0.2, 0) is 0 Å². The van der Waals surface area contributed by atoms with Crippen molar-refractivity contribution in [1.29, 1.82) is 0 Å². The predicted molar refractivity (Wildman–Crippen MR) is 80.4 cm³/mol. The Hall–Kier alpha value is -2.01. The molecule has 0 saturated heterocycles. The lowest BCUT2D eigenvalue weighted by Gasteiger charge is -2.03. The standard InChI is InChI=1S/C16H11BrF2O2/c1-21-12-4-5-13(15(19)9-12)16(20)7-2-10-8-11(17)3-6-14(10)18/h2-9H,1H3/b7-2+. The van der Waals surface area contributed by atoms with Crippen LogP contribution in [0.15, 0.2) is 46.9 Å². The average molecular weight is 353 g/mol. The van der Waals surface area contributed by atoms with Gasteiger partial charge in [-0.3, -0.25) is 4.79 Å². The van der Waals surface area contributed by atoms with Crippen LogP contribution in [0.4, 0.5) is 8.78 Å². The molecule has 0 radical (unpaired) electrons. The van der Waals surface area contributed by atoms with E-state index in [0.29, 0.717) is 10.2 Å². The maximum atomic E-state index is 13.7. The van der Waals surface area contributed by atoms with Crippen molar-refractivity contribution in [2.45, 2.75) is 0 Å². The van der Waals surface area contributed by atoms with Crippen molar-refractivity contribution in [2.24, 2.45) is 0 Å². The summed E-state index contributed by atoms with van der Waals surface area (Å²) in [5.41, 5.74) is 0.147. The maximum Gasteiger partial charge on any atom is 0.188 e. The van der Waals surface area contributed by atoms with Gasteiger partial charge in [-0.1, -0.05) is 15.9 Å². The SMILES string of the molecule is COc1ccc(C(=O)/C=C/c2cc(Br)ccc2F)c(F)c1. The number of carbonyl (C=O) groups is 1. The molecule has 0 spiro atoms. The number of hydrogen-bond donors (Lipinski definition) is 0. The Morgan fingerprint density at radius 3 is 2.57 bits per heavy atom. The third-order valence-corrected chi connectivity index (χ3v) is 3.31. The second-order valence-corrected chi connectivity index (χ2v) is 5.12. The zero-order valence-electron chi connectivity index (χ0n) is 11.1. The molecule has 2 rings (SSSR count). The van der Waals surface area contributed by atoms with Gasteiger partial charge in [-0.25, -0.2) is 8.78 Å². The molecule has 5 heteroatoms. The summed E-state index contributed by atoms with van der Waals surface area (Å²) in [7, 11) is 1.41. The van der Waals surface area contributed by atoms with E-state index < -0.39 is 17.4 Å². The smallest absolute Gasteiger partial charge is 0.188 e. The van der Waals surface area contributed by atoms with E-state index in [1.807, 2.05) is 0 Å². The highest BCUT2D eigenvalue weighted by atomic mass is 79.9. The van der Waals surface area contributed by atoms with Gasteiger partial charge in [0.1, 0.15) is 17.4 Å². The Bertz CT molecular complexity index is 711. The highest BCUT2D eigenvalue weighted by Crippen LogP contribution is 2.19. The van der Waals surface area contributed by atoms with Crippen molar-refractivity contribution in [3.8, 4) is 5.75 Å². The summed E-state index contributed by atoms with van der Waals surface area (Å²) in [5, 5.41) is 0. The summed E-state index contributed by atoms with van der Waals surface area (Å²) < 4.78 is 32.8. The van der Waals surface area contributed by atoms with Crippen LogP contribution in [0.1, 0.15) is 15.9 Å². The molecule has 0 amide bonds. The van der Waals surface area contributed by atoms with E-state index in [1.165, 1.54) is 37.5 Å². The molecular weight excluding hydrogens is 342 g/mol. The fraction of sp³-hybridized carbons (Fsp3) is 0.0625. The van der Waals surface area contributed by atoms with E-state index in [4.69, 9.17) is 4.74 Å². The lowest BCUT2D eigenvalue weighted by Crippen LogP contribution is -1.99. The number of hydrogen-bond acceptors (Lipinski definition) is 2. The molecule has 0 atom stereocenters. The zero-order chi connectivity index (χ0) is 15.4. The maximum absolute atomic E-state index is 13.7. The Morgan fingerprint density at radius 1 is 1.14 bits per heavy atom. The van der Waals surface area contributed by atoms with Gasteiger partial charge < -0.3 is 4.74 Å². The fourth-order valence-corrected chi connectivity index (χ4v) is 2.10. The summed E-state index contributed by atoms with van der Waals surface area (Å²) in [4.78, 5) is 11.9. The van der Waals surface area contributed by atoms with Crippen molar-refractivity contribution >= 4 is 27.8 Å². The molecule has 0 fully saturated rings. The van der Waals surface area contributed by atoms with Crippen molar-refractivity contribution in [1.82, 2.24) is 0 Å². The van der Waals surface area contributed by atoms with Crippen LogP contribution in [-0.4, -0.2) is 12.9 Å². The Morgan fingerprint density at radius 2 is 1.90 bits per heavy atom. The van der Waals surface area contributed by atoms with E-state index in [2.05, 4.69) is 15.9 Å². The van der Waals surface area contributed by atoms with Crippen LogP contribution in [0, 0.1) is 11.6 Å².